The zero-order chi connectivity index (χ0) is 22.7. The number of halogens is 1. The lowest BCUT2D eigenvalue weighted by Crippen LogP contribution is -2.31. The Bertz CT molecular complexity index is 1240. The first-order valence-electron chi connectivity index (χ1n) is 10.3. The fraction of sp³-hybridized carbons (Fsp3) is 0.208. The lowest BCUT2D eigenvalue weighted by Gasteiger charge is -2.15. The van der Waals surface area contributed by atoms with Gasteiger partial charge in [0.05, 0.1) is 16.7 Å². The average Bonchev–Trinajstić information content (AvgIpc) is 3.21. The van der Waals surface area contributed by atoms with Gasteiger partial charge in [0.2, 0.25) is 0 Å². The molecule has 0 fully saturated rings. The summed E-state index contributed by atoms with van der Waals surface area (Å²) in [6, 6.07) is 17.0. The third kappa shape index (κ3) is 5.15. The maximum Gasteiger partial charge on any atom is 0.319 e. The summed E-state index contributed by atoms with van der Waals surface area (Å²) in [5.41, 5.74) is 4.18. The Balaban J connectivity index is 1.38. The normalized spacial score (nSPS) is 13.9. The number of fused-ring (bicyclic) bond motifs is 1. The number of urea groups is 1. The Morgan fingerprint density at radius 1 is 1.03 bits per heavy atom. The van der Waals surface area contributed by atoms with E-state index in [1.165, 1.54) is 29.8 Å². The van der Waals surface area contributed by atoms with E-state index in [4.69, 9.17) is 0 Å². The lowest BCUT2D eigenvalue weighted by molar-refractivity contribution is 0.249. The molecule has 3 N–H and O–H groups in total. The standard InChI is InChI=1S/C24H24FN3O3S/c1-16(18-3-2-4-21(25)12-18)27-24(29)28-22-7-9-23(10-8-22)32(30,31)15-17-5-6-19-13-26-14-20(19)11-17/h2-12,16,26H,13-15H2,1H3,(H2,27,28,29). The van der Waals surface area contributed by atoms with Gasteiger partial charge >= 0.3 is 6.03 Å². The minimum atomic E-state index is -3.52. The molecule has 1 unspecified atom stereocenters. The predicted molar refractivity (Wildman–Crippen MR) is 121 cm³/mol. The van der Waals surface area contributed by atoms with E-state index < -0.39 is 21.9 Å². The average molecular weight is 454 g/mol. The van der Waals surface area contributed by atoms with E-state index in [1.807, 2.05) is 18.2 Å². The van der Waals surface area contributed by atoms with Crippen molar-refractivity contribution in [2.75, 3.05) is 5.32 Å². The van der Waals surface area contributed by atoms with Crippen LogP contribution in [0.4, 0.5) is 14.9 Å². The van der Waals surface area contributed by atoms with Gasteiger partial charge in [0.1, 0.15) is 5.82 Å². The molecule has 0 radical (unpaired) electrons. The van der Waals surface area contributed by atoms with Crippen LogP contribution < -0.4 is 16.0 Å². The summed E-state index contributed by atoms with van der Waals surface area (Å²) in [6.45, 7) is 3.31. The number of hydrogen-bond acceptors (Lipinski definition) is 4. The van der Waals surface area contributed by atoms with Crippen molar-refractivity contribution in [1.29, 1.82) is 0 Å². The van der Waals surface area contributed by atoms with Gasteiger partial charge in [0.25, 0.3) is 0 Å². The number of rotatable bonds is 6. The molecule has 1 heterocycles. The number of amides is 2. The van der Waals surface area contributed by atoms with E-state index in [1.54, 1.807) is 31.2 Å². The van der Waals surface area contributed by atoms with E-state index >= 15 is 0 Å². The molecule has 0 aromatic heterocycles. The summed E-state index contributed by atoms with van der Waals surface area (Å²) >= 11 is 0. The third-order valence-electron chi connectivity index (χ3n) is 5.43. The minimum absolute atomic E-state index is 0.0846. The molecule has 166 valence electrons. The molecule has 0 spiro atoms. The minimum Gasteiger partial charge on any atom is -0.331 e. The van der Waals surface area contributed by atoms with Crippen molar-refractivity contribution < 1.29 is 17.6 Å². The maximum absolute atomic E-state index is 13.4. The molecule has 0 bridgehead atoms. The molecule has 1 aliphatic rings. The van der Waals surface area contributed by atoms with Crippen molar-refractivity contribution in [3.05, 3.63) is 94.8 Å². The van der Waals surface area contributed by atoms with E-state index in [0.29, 0.717) is 11.3 Å². The highest BCUT2D eigenvalue weighted by molar-refractivity contribution is 7.90. The van der Waals surface area contributed by atoms with Crippen LogP contribution in [0, 0.1) is 5.82 Å². The molecule has 32 heavy (non-hydrogen) atoms. The molecule has 3 aromatic carbocycles. The molecular formula is C24H24FN3O3S. The summed E-state index contributed by atoms with van der Waals surface area (Å²) in [5.74, 6) is -0.455. The first-order valence-corrected chi connectivity index (χ1v) is 11.9. The van der Waals surface area contributed by atoms with Crippen LogP contribution in [-0.4, -0.2) is 14.4 Å². The molecule has 0 saturated carbocycles. The van der Waals surface area contributed by atoms with Gasteiger partial charge in [-0.1, -0.05) is 30.3 Å². The van der Waals surface area contributed by atoms with Crippen molar-refractivity contribution in [3.8, 4) is 0 Å². The van der Waals surface area contributed by atoms with Crippen molar-refractivity contribution >= 4 is 21.6 Å². The van der Waals surface area contributed by atoms with E-state index in [9.17, 15) is 17.6 Å². The largest absolute Gasteiger partial charge is 0.331 e. The highest BCUT2D eigenvalue weighted by Crippen LogP contribution is 2.22. The second kappa shape index (κ2) is 9.10. The summed E-state index contributed by atoms with van der Waals surface area (Å²) in [4.78, 5) is 12.4. The van der Waals surface area contributed by atoms with Gasteiger partial charge in [-0.25, -0.2) is 17.6 Å². The predicted octanol–water partition coefficient (Wildman–Crippen LogP) is 4.29. The highest BCUT2D eigenvalue weighted by Gasteiger charge is 2.18. The first kappa shape index (κ1) is 22.0. The molecule has 2 amide bonds. The Morgan fingerprint density at radius 2 is 1.78 bits per heavy atom. The molecule has 0 aliphatic carbocycles. The zero-order valence-corrected chi connectivity index (χ0v) is 18.4. The first-order chi connectivity index (χ1) is 15.3. The van der Waals surface area contributed by atoms with Gasteiger partial charge in [-0.3, -0.25) is 0 Å². The van der Waals surface area contributed by atoms with Gasteiger partial charge < -0.3 is 16.0 Å². The number of hydrogen-bond donors (Lipinski definition) is 3. The number of carbonyl (C=O) groups excluding carboxylic acids is 1. The number of nitrogens with one attached hydrogen (secondary N) is 3. The van der Waals surface area contributed by atoms with Crippen LogP contribution in [0.2, 0.25) is 0 Å². The van der Waals surface area contributed by atoms with Crippen LogP contribution >= 0.6 is 0 Å². The Morgan fingerprint density at radius 3 is 2.53 bits per heavy atom. The van der Waals surface area contributed by atoms with Crippen LogP contribution in [0.25, 0.3) is 0 Å². The van der Waals surface area contributed by atoms with Crippen molar-refractivity contribution in [2.24, 2.45) is 0 Å². The van der Waals surface area contributed by atoms with Crippen LogP contribution in [0.5, 0.6) is 0 Å². The number of benzene rings is 3. The monoisotopic (exact) mass is 453 g/mol. The Kier molecular flexibility index (Phi) is 6.25. The molecule has 6 nitrogen and oxygen atoms in total. The molecule has 1 atom stereocenters. The van der Waals surface area contributed by atoms with Gasteiger partial charge in [0.15, 0.2) is 9.84 Å². The summed E-state index contributed by atoms with van der Waals surface area (Å²) in [5, 5.41) is 8.65. The number of sulfone groups is 1. The van der Waals surface area contributed by atoms with Crippen molar-refractivity contribution in [2.45, 2.75) is 36.7 Å². The molecule has 8 heteroatoms. The number of carbonyl (C=O) groups is 1. The smallest absolute Gasteiger partial charge is 0.319 e. The molecule has 4 rings (SSSR count). The van der Waals surface area contributed by atoms with Gasteiger partial charge in [-0.15, -0.1) is 0 Å². The second-order valence-corrected chi connectivity index (χ2v) is 9.85. The van der Waals surface area contributed by atoms with E-state index in [0.717, 1.165) is 24.2 Å². The highest BCUT2D eigenvalue weighted by atomic mass is 32.2. The Hall–Kier alpha value is -3.23. The summed E-state index contributed by atoms with van der Waals surface area (Å²) in [7, 11) is -3.52. The Labute approximate surface area is 186 Å². The molecule has 1 aliphatic heterocycles. The van der Waals surface area contributed by atoms with Crippen LogP contribution in [0.15, 0.2) is 71.6 Å². The van der Waals surface area contributed by atoms with Gasteiger partial charge in [-0.05, 0) is 65.6 Å². The van der Waals surface area contributed by atoms with Crippen LogP contribution in [-0.2, 0) is 28.7 Å². The fourth-order valence-corrected chi connectivity index (χ4v) is 5.05. The van der Waals surface area contributed by atoms with Crippen molar-refractivity contribution in [3.63, 3.8) is 0 Å². The quantitative estimate of drug-likeness (QED) is 0.520. The molecular weight excluding hydrogens is 429 g/mol. The maximum atomic E-state index is 13.4. The topological polar surface area (TPSA) is 87.3 Å². The van der Waals surface area contributed by atoms with Gasteiger partial charge in [0, 0.05) is 18.8 Å². The van der Waals surface area contributed by atoms with Gasteiger partial charge in [-0.2, -0.15) is 0 Å². The van der Waals surface area contributed by atoms with Crippen LogP contribution in [0.3, 0.4) is 0 Å². The van der Waals surface area contributed by atoms with E-state index in [2.05, 4.69) is 16.0 Å². The lowest BCUT2D eigenvalue weighted by atomic mass is 10.1. The summed E-state index contributed by atoms with van der Waals surface area (Å²) in [6.07, 6.45) is 0. The van der Waals surface area contributed by atoms with Crippen molar-refractivity contribution in [1.82, 2.24) is 10.6 Å². The third-order valence-corrected chi connectivity index (χ3v) is 7.13. The SMILES string of the molecule is CC(NC(=O)Nc1ccc(S(=O)(=O)Cc2ccc3c(c2)CNC3)cc1)c1cccc(F)c1. The molecule has 3 aromatic rings. The fourth-order valence-electron chi connectivity index (χ4n) is 3.71. The summed E-state index contributed by atoms with van der Waals surface area (Å²) < 4.78 is 39.0. The zero-order valence-electron chi connectivity index (χ0n) is 17.6. The van der Waals surface area contributed by atoms with Crippen LogP contribution in [0.1, 0.15) is 35.2 Å². The second-order valence-electron chi connectivity index (χ2n) is 7.87. The molecule has 0 saturated heterocycles. The van der Waals surface area contributed by atoms with E-state index in [-0.39, 0.29) is 16.5 Å². The number of anilines is 1.